The van der Waals surface area contributed by atoms with Crippen LogP contribution < -0.4 is 14.8 Å². The van der Waals surface area contributed by atoms with Crippen LogP contribution in [0.15, 0.2) is 60.7 Å². The monoisotopic (exact) mass is 524 g/mol. The van der Waals surface area contributed by atoms with Crippen molar-refractivity contribution in [2.24, 2.45) is 0 Å². The van der Waals surface area contributed by atoms with Gasteiger partial charge in [0.15, 0.2) is 11.5 Å². The second-order valence-corrected chi connectivity index (χ2v) is 7.78. The molecule has 0 saturated carbocycles. The lowest BCUT2D eigenvalue weighted by molar-refractivity contribution is -0.384. The standard InChI is InChI=1S/C21H18ClIN2O4/c1-28-20-11-15(12-24-17-6-4-16(22)5-7-17)10-19(23)21(20)29-13-14-2-8-18(9-3-14)25(26)27/h2-11,24H,12-13H2,1H3. The van der Waals surface area contributed by atoms with E-state index >= 15 is 0 Å². The fourth-order valence-corrected chi connectivity index (χ4v) is 3.60. The maximum absolute atomic E-state index is 10.8. The summed E-state index contributed by atoms with van der Waals surface area (Å²) in [4.78, 5) is 10.3. The van der Waals surface area contributed by atoms with Gasteiger partial charge in [0.25, 0.3) is 5.69 Å². The fourth-order valence-electron chi connectivity index (χ4n) is 2.66. The summed E-state index contributed by atoms with van der Waals surface area (Å²) >= 11 is 8.12. The molecule has 3 rings (SSSR count). The summed E-state index contributed by atoms with van der Waals surface area (Å²) in [5, 5.41) is 14.8. The SMILES string of the molecule is COc1cc(CNc2ccc(Cl)cc2)cc(I)c1OCc1ccc([N+](=O)[O-])cc1. The Bertz CT molecular complexity index is 995. The number of rotatable bonds is 8. The topological polar surface area (TPSA) is 73.6 Å². The first-order chi connectivity index (χ1) is 14.0. The van der Waals surface area contributed by atoms with Gasteiger partial charge < -0.3 is 14.8 Å². The number of halogens is 2. The molecular weight excluding hydrogens is 507 g/mol. The summed E-state index contributed by atoms with van der Waals surface area (Å²) in [5.74, 6) is 1.27. The molecule has 3 aromatic rings. The first-order valence-electron chi connectivity index (χ1n) is 8.68. The first-order valence-corrected chi connectivity index (χ1v) is 10.1. The second-order valence-electron chi connectivity index (χ2n) is 6.18. The van der Waals surface area contributed by atoms with Crippen molar-refractivity contribution in [3.8, 4) is 11.5 Å². The van der Waals surface area contributed by atoms with Crippen LogP contribution in [0, 0.1) is 13.7 Å². The van der Waals surface area contributed by atoms with Crippen molar-refractivity contribution in [3.05, 3.63) is 90.5 Å². The molecule has 0 heterocycles. The Morgan fingerprint density at radius 1 is 1.07 bits per heavy atom. The zero-order valence-electron chi connectivity index (χ0n) is 15.5. The van der Waals surface area contributed by atoms with Gasteiger partial charge in [0.05, 0.1) is 15.6 Å². The molecule has 0 aliphatic carbocycles. The van der Waals surface area contributed by atoms with Crippen LogP contribution in [0.25, 0.3) is 0 Å². The Labute approximate surface area is 187 Å². The average molecular weight is 525 g/mol. The lowest BCUT2D eigenvalue weighted by Crippen LogP contribution is -2.03. The van der Waals surface area contributed by atoms with E-state index in [9.17, 15) is 10.1 Å². The Hall–Kier alpha value is -2.52. The highest BCUT2D eigenvalue weighted by atomic mass is 127. The second kappa shape index (κ2) is 9.80. The Morgan fingerprint density at radius 2 is 1.76 bits per heavy atom. The highest BCUT2D eigenvalue weighted by Gasteiger charge is 2.13. The number of benzene rings is 3. The van der Waals surface area contributed by atoms with E-state index in [2.05, 4.69) is 27.9 Å². The van der Waals surface area contributed by atoms with Gasteiger partial charge in [0.2, 0.25) is 0 Å². The van der Waals surface area contributed by atoms with Crippen LogP contribution in [0.5, 0.6) is 11.5 Å². The summed E-state index contributed by atoms with van der Waals surface area (Å²) in [6.07, 6.45) is 0. The van der Waals surface area contributed by atoms with E-state index in [1.165, 1.54) is 12.1 Å². The molecule has 0 saturated heterocycles. The van der Waals surface area contributed by atoms with Gasteiger partial charge in [-0.05, 0) is 82.2 Å². The van der Waals surface area contributed by atoms with Crippen molar-refractivity contribution in [1.82, 2.24) is 0 Å². The zero-order chi connectivity index (χ0) is 20.8. The van der Waals surface area contributed by atoms with Crippen molar-refractivity contribution >= 4 is 45.6 Å². The van der Waals surface area contributed by atoms with Gasteiger partial charge >= 0.3 is 0 Å². The summed E-state index contributed by atoms with van der Waals surface area (Å²) in [5.41, 5.74) is 2.91. The fraction of sp³-hybridized carbons (Fsp3) is 0.143. The van der Waals surface area contributed by atoms with Gasteiger partial charge in [-0.2, -0.15) is 0 Å². The number of non-ortho nitro benzene ring substituents is 1. The maximum atomic E-state index is 10.8. The Kier molecular flexibility index (Phi) is 7.16. The van der Waals surface area contributed by atoms with Crippen molar-refractivity contribution < 1.29 is 14.4 Å². The molecule has 0 aliphatic heterocycles. The van der Waals surface area contributed by atoms with E-state index in [1.807, 2.05) is 36.4 Å². The van der Waals surface area contributed by atoms with Crippen LogP contribution in [-0.4, -0.2) is 12.0 Å². The van der Waals surface area contributed by atoms with E-state index in [0.717, 1.165) is 20.4 Å². The molecule has 1 N–H and O–H groups in total. The van der Waals surface area contributed by atoms with Crippen molar-refractivity contribution in [2.75, 3.05) is 12.4 Å². The molecule has 0 aromatic heterocycles. The van der Waals surface area contributed by atoms with Crippen LogP contribution >= 0.6 is 34.2 Å². The first kappa shape index (κ1) is 21.2. The van der Waals surface area contributed by atoms with Crippen molar-refractivity contribution in [2.45, 2.75) is 13.2 Å². The van der Waals surface area contributed by atoms with E-state index in [-0.39, 0.29) is 12.3 Å². The molecule has 0 atom stereocenters. The molecule has 0 bridgehead atoms. The average Bonchev–Trinajstić information content (AvgIpc) is 2.72. The molecule has 0 unspecified atom stereocenters. The van der Waals surface area contributed by atoms with Crippen LogP contribution in [0.2, 0.25) is 5.02 Å². The zero-order valence-corrected chi connectivity index (χ0v) is 18.4. The van der Waals surface area contributed by atoms with Crippen LogP contribution in [0.1, 0.15) is 11.1 Å². The number of nitro groups is 1. The highest BCUT2D eigenvalue weighted by molar-refractivity contribution is 14.1. The van der Waals surface area contributed by atoms with Crippen molar-refractivity contribution in [1.29, 1.82) is 0 Å². The number of hydrogen-bond donors (Lipinski definition) is 1. The van der Waals surface area contributed by atoms with Crippen LogP contribution in [-0.2, 0) is 13.2 Å². The number of nitrogens with zero attached hydrogens (tertiary/aromatic N) is 1. The van der Waals surface area contributed by atoms with Gasteiger partial charge in [-0.3, -0.25) is 10.1 Å². The summed E-state index contributed by atoms with van der Waals surface area (Å²) in [6.45, 7) is 0.906. The largest absolute Gasteiger partial charge is 0.493 e. The number of anilines is 1. The van der Waals surface area contributed by atoms with Gasteiger partial charge in [0, 0.05) is 29.4 Å². The summed E-state index contributed by atoms with van der Waals surface area (Å²) in [6, 6.07) is 17.8. The van der Waals surface area contributed by atoms with Gasteiger partial charge in [-0.25, -0.2) is 0 Å². The van der Waals surface area contributed by atoms with E-state index in [1.54, 1.807) is 19.2 Å². The quantitative estimate of drug-likeness (QED) is 0.221. The number of hydrogen-bond acceptors (Lipinski definition) is 5. The van der Waals surface area contributed by atoms with Crippen LogP contribution in [0.4, 0.5) is 11.4 Å². The third-order valence-electron chi connectivity index (χ3n) is 4.16. The molecule has 0 spiro atoms. The predicted octanol–water partition coefficient (Wildman–Crippen LogP) is 6.05. The minimum absolute atomic E-state index is 0.0541. The molecule has 0 radical (unpaired) electrons. The van der Waals surface area contributed by atoms with E-state index < -0.39 is 4.92 Å². The third kappa shape index (κ3) is 5.74. The van der Waals surface area contributed by atoms with Gasteiger partial charge in [-0.1, -0.05) is 11.6 Å². The molecule has 6 nitrogen and oxygen atoms in total. The van der Waals surface area contributed by atoms with Crippen molar-refractivity contribution in [3.63, 3.8) is 0 Å². The van der Waals surface area contributed by atoms with E-state index in [4.69, 9.17) is 21.1 Å². The van der Waals surface area contributed by atoms with Crippen LogP contribution in [0.3, 0.4) is 0 Å². The lowest BCUT2D eigenvalue weighted by atomic mass is 10.2. The number of nitro benzene ring substituents is 1. The molecule has 0 aliphatic rings. The Morgan fingerprint density at radius 3 is 2.38 bits per heavy atom. The summed E-state index contributed by atoms with van der Waals surface area (Å²) < 4.78 is 12.4. The minimum atomic E-state index is -0.423. The van der Waals surface area contributed by atoms with E-state index in [0.29, 0.717) is 23.1 Å². The lowest BCUT2D eigenvalue weighted by Gasteiger charge is -2.15. The molecule has 8 heteroatoms. The molecule has 3 aromatic carbocycles. The number of ether oxygens (including phenoxy) is 2. The third-order valence-corrected chi connectivity index (χ3v) is 5.21. The normalized spacial score (nSPS) is 10.4. The molecule has 0 fully saturated rings. The maximum Gasteiger partial charge on any atom is 0.269 e. The predicted molar refractivity (Wildman–Crippen MR) is 122 cm³/mol. The summed E-state index contributed by atoms with van der Waals surface area (Å²) in [7, 11) is 1.60. The van der Waals surface area contributed by atoms with Gasteiger partial charge in [-0.15, -0.1) is 0 Å². The number of methoxy groups -OCH3 is 1. The smallest absolute Gasteiger partial charge is 0.269 e. The molecular formula is C21H18ClIN2O4. The molecule has 150 valence electrons. The highest BCUT2D eigenvalue weighted by Crippen LogP contribution is 2.35. The number of nitrogens with one attached hydrogen (secondary N) is 1. The molecule has 0 amide bonds. The minimum Gasteiger partial charge on any atom is -0.493 e. The van der Waals surface area contributed by atoms with Gasteiger partial charge in [0.1, 0.15) is 6.61 Å². The molecule has 29 heavy (non-hydrogen) atoms. The Balaban J connectivity index is 1.69.